The normalized spacial score (nSPS) is 13.9. The van der Waals surface area contributed by atoms with Crippen LogP contribution in [0.4, 0.5) is 5.69 Å². The molecule has 1 aromatic heterocycles. The number of sulfone groups is 1. The van der Waals surface area contributed by atoms with E-state index in [0.717, 1.165) is 36.8 Å². The Bertz CT molecular complexity index is 884. The Hall–Kier alpha value is -2.15. The van der Waals surface area contributed by atoms with Crippen LogP contribution in [0, 0.1) is 0 Å². The predicted octanol–water partition coefficient (Wildman–Crippen LogP) is 1.59. The molecule has 0 saturated carbocycles. The highest BCUT2D eigenvalue weighted by atomic mass is 32.2. The van der Waals surface area contributed by atoms with Gasteiger partial charge in [-0.15, -0.1) is 0 Å². The van der Waals surface area contributed by atoms with E-state index in [1.165, 1.54) is 11.0 Å². The van der Waals surface area contributed by atoms with E-state index in [4.69, 9.17) is 0 Å². The molecule has 0 saturated heterocycles. The Morgan fingerprint density at radius 1 is 1.26 bits per heavy atom. The lowest BCUT2D eigenvalue weighted by Crippen LogP contribution is -2.30. The van der Waals surface area contributed by atoms with Gasteiger partial charge in [-0.2, -0.15) is 5.10 Å². The third-order valence-corrected chi connectivity index (χ3v) is 5.35. The molecule has 0 aliphatic heterocycles. The average molecular weight is 333 g/mol. The van der Waals surface area contributed by atoms with E-state index in [-0.39, 0.29) is 10.8 Å². The Kier molecular flexibility index (Phi) is 3.75. The molecule has 0 bridgehead atoms. The minimum atomic E-state index is -3.42. The fraction of sp³-hybridized carbons (Fsp3) is 0.375. The number of anilines is 1. The molecule has 1 heterocycles. The van der Waals surface area contributed by atoms with Crippen molar-refractivity contribution < 1.29 is 13.2 Å². The predicted molar refractivity (Wildman–Crippen MR) is 87.5 cm³/mol. The molecule has 1 aromatic carbocycles. The molecule has 7 heteroatoms. The van der Waals surface area contributed by atoms with E-state index < -0.39 is 9.84 Å². The van der Waals surface area contributed by atoms with Crippen LogP contribution in [0.2, 0.25) is 0 Å². The zero-order valence-corrected chi connectivity index (χ0v) is 14.2. The van der Waals surface area contributed by atoms with Gasteiger partial charge < -0.3 is 4.90 Å². The Labute approximate surface area is 135 Å². The van der Waals surface area contributed by atoms with E-state index in [1.807, 2.05) is 0 Å². The largest absolute Gasteiger partial charge is 0.309 e. The zero-order chi connectivity index (χ0) is 16.8. The van der Waals surface area contributed by atoms with Crippen molar-refractivity contribution in [2.45, 2.75) is 24.2 Å². The van der Waals surface area contributed by atoms with Gasteiger partial charge in [0.25, 0.3) is 5.91 Å². The van der Waals surface area contributed by atoms with Gasteiger partial charge in [0.2, 0.25) is 0 Å². The number of para-hydroxylation sites is 1. The molecule has 0 spiro atoms. The first-order valence-corrected chi connectivity index (χ1v) is 9.31. The number of nitrogens with zero attached hydrogens (tertiary/aromatic N) is 3. The Morgan fingerprint density at radius 2 is 1.96 bits per heavy atom. The van der Waals surface area contributed by atoms with Crippen LogP contribution in [-0.2, 0) is 29.7 Å². The van der Waals surface area contributed by atoms with Gasteiger partial charge >= 0.3 is 0 Å². The Balaban J connectivity index is 2.06. The van der Waals surface area contributed by atoms with Crippen molar-refractivity contribution in [2.75, 3.05) is 18.2 Å². The van der Waals surface area contributed by atoms with Crippen LogP contribution >= 0.6 is 0 Å². The second-order valence-electron chi connectivity index (χ2n) is 5.86. The van der Waals surface area contributed by atoms with Crippen LogP contribution in [0.25, 0.3) is 0 Å². The molecule has 2 aromatic rings. The minimum absolute atomic E-state index is 0.148. The van der Waals surface area contributed by atoms with Gasteiger partial charge in [-0.3, -0.25) is 9.48 Å². The van der Waals surface area contributed by atoms with Crippen molar-refractivity contribution in [3.8, 4) is 0 Å². The average Bonchev–Trinajstić information content (AvgIpc) is 3.04. The quantitative estimate of drug-likeness (QED) is 0.855. The number of fused-ring (bicyclic) bond motifs is 1. The summed E-state index contributed by atoms with van der Waals surface area (Å²) in [4.78, 5) is 14.5. The fourth-order valence-corrected chi connectivity index (χ4v) is 4.01. The molecule has 0 radical (unpaired) electrons. The zero-order valence-electron chi connectivity index (χ0n) is 13.4. The molecule has 23 heavy (non-hydrogen) atoms. The minimum Gasteiger partial charge on any atom is -0.309 e. The first-order chi connectivity index (χ1) is 10.8. The molecule has 122 valence electrons. The third-order valence-electron chi connectivity index (χ3n) is 4.20. The molecular formula is C16H19N3O3S. The molecule has 6 nitrogen and oxygen atoms in total. The monoisotopic (exact) mass is 333 g/mol. The van der Waals surface area contributed by atoms with Crippen LogP contribution in [-0.4, -0.2) is 37.4 Å². The second kappa shape index (κ2) is 5.49. The number of carbonyl (C=O) groups excluding carboxylic acids is 1. The summed E-state index contributed by atoms with van der Waals surface area (Å²) in [6, 6.07) is 6.54. The number of carbonyl (C=O) groups is 1. The highest BCUT2D eigenvalue weighted by Gasteiger charge is 2.29. The molecule has 1 aliphatic carbocycles. The van der Waals surface area contributed by atoms with Gasteiger partial charge in [-0.25, -0.2) is 8.42 Å². The lowest BCUT2D eigenvalue weighted by atomic mass is 10.1. The van der Waals surface area contributed by atoms with Crippen molar-refractivity contribution in [1.29, 1.82) is 0 Å². The third kappa shape index (κ3) is 2.65. The number of rotatable bonds is 3. The number of aromatic nitrogens is 2. The summed E-state index contributed by atoms with van der Waals surface area (Å²) in [6.45, 7) is 0. The molecule has 1 amide bonds. The molecular weight excluding hydrogens is 314 g/mol. The maximum atomic E-state index is 12.9. The van der Waals surface area contributed by atoms with Crippen molar-refractivity contribution in [3.05, 3.63) is 41.2 Å². The number of hydrogen-bond donors (Lipinski definition) is 0. The molecule has 3 rings (SSSR count). The second-order valence-corrected chi connectivity index (χ2v) is 7.84. The van der Waals surface area contributed by atoms with Crippen molar-refractivity contribution in [1.82, 2.24) is 9.78 Å². The van der Waals surface area contributed by atoms with Crippen LogP contribution in [0.15, 0.2) is 29.2 Å². The fourth-order valence-electron chi connectivity index (χ4n) is 3.10. The van der Waals surface area contributed by atoms with Crippen molar-refractivity contribution in [3.63, 3.8) is 0 Å². The van der Waals surface area contributed by atoms with Crippen LogP contribution in [0.3, 0.4) is 0 Å². The molecule has 0 atom stereocenters. The maximum absolute atomic E-state index is 12.9. The molecule has 1 aliphatic rings. The van der Waals surface area contributed by atoms with E-state index >= 15 is 0 Å². The topological polar surface area (TPSA) is 72.3 Å². The number of amides is 1. The lowest BCUT2D eigenvalue weighted by Gasteiger charge is -2.20. The van der Waals surface area contributed by atoms with Gasteiger partial charge in [0.05, 0.1) is 16.3 Å². The van der Waals surface area contributed by atoms with Gasteiger partial charge in [-0.05, 0) is 31.4 Å². The van der Waals surface area contributed by atoms with E-state index in [9.17, 15) is 13.2 Å². The molecule has 0 N–H and O–H groups in total. The smallest absolute Gasteiger partial charge is 0.276 e. The SMILES string of the molecule is CN(C(=O)c1c2c(nn1C)CCC2)c1ccccc1S(C)(=O)=O. The van der Waals surface area contributed by atoms with Crippen LogP contribution in [0.5, 0.6) is 0 Å². The summed E-state index contributed by atoms with van der Waals surface area (Å²) in [6.07, 6.45) is 3.88. The van der Waals surface area contributed by atoms with Crippen LogP contribution < -0.4 is 4.90 Å². The lowest BCUT2D eigenvalue weighted by molar-refractivity contribution is 0.0982. The summed E-state index contributed by atoms with van der Waals surface area (Å²) in [5.41, 5.74) is 2.89. The van der Waals surface area contributed by atoms with Crippen molar-refractivity contribution >= 4 is 21.4 Å². The standard InChI is InChI=1S/C16H19N3O3S/c1-18(13-9-4-5-10-14(13)23(3,21)22)16(20)15-11-7-6-8-12(11)17-19(15)2/h4-5,9-10H,6-8H2,1-3H3. The maximum Gasteiger partial charge on any atom is 0.276 e. The summed E-state index contributed by atoms with van der Waals surface area (Å²) in [7, 11) is -0.0690. The van der Waals surface area contributed by atoms with E-state index in [0.29, 0.717) is 11.4 Å². The number of hydrogen-bond acceptors (Lipinski definition) is 4. The van der Waals surface area contributed by atoms with E-state index in [2.05, 4.69) is 5.10 Å². The molecule has 0 unspecified atom stereocenters. The van der Waals surface area contributed by atoms with Gasteiger partial charge in [0, 0.05) is 25.9 Å². The van der Waals surface area contributed by atoms with Crippen molar-refractivity contribution in [2.24, 2.45) is 7.05 Å². The number of benzene rings is 1. The first-order valence-electron chi connectivity index (χ1n) is 7.42. The molecule has 0 fully saturated rings. The highest BCUT2D eigenvalue weighted by Crippen LogP contribution is 2.29. The summed E-state index contributed by atoms with van der Waals surface area (Å²) < 4.78 is 25.5. The van der Waals surface area contributed by atoms with Crippen LogP contribution in [0.1, 0.15) is 28.2 Å². The summed E-state index contributed by atoms with van der Waals surface area (Å²) in [5, 5.41) is 4.41. The van der Waals surface area contributed by atoms with Gasteiger partial charge in [-0.1, -0.05) is 12.1 Å². The first kappa shape index (κ1) is 15.7. The van der Waals surface area contributed by atoms with Gasteiger partial charge in [0.15, 0.2) is 9.84 Å². The van der Waals surface area contributed by atoms with E-state index in [1.54, 1.807) is 37.0 Å². The summed E-state index contributed by atoms with van der Waals surface area (Å²) >= 11 is 0. The number of aryl methyl sites for hydroxylation is 2. The summed E-state index contributed by atoms with van der Waals surface area (Å²) in [5.74, 6) is -0.237. The van der Waals surface area contributed by atoms with Gasteiger partial charge in [0.1, 0.15) is 5.69 Å². The Morgan fingerprint density at radius 3 is 2.65 bits per heavy atom. The highest BCUT2D eigenvalue weighted by molar-refractivity contribution is 7.90.